The van der Waals surface area contributed by atoms with Crippen LogP contribution in [-0.2, 0) is 6.54 Å². The van der Waals surface area contributed by atoms with Gasteiger partial charge in [-0.2, -0.15) is 0 Å². The third-order valence-corrected chi connectivity index (χ3v) is 2.96. The van der Waals surface area contributed by atoms with Crippen molar-refractivity contribution >= 4 is 36.4 Å². The molecule has 0 amide bonds. The molecule has 2 heterocycles. The first-order chi connectivity index (χ1) is 7.24. The maximum absolute atomic E-state index is 5.85. The second-order valence-electron chi connectivity index (χ2n) is 4.03. The fraction of sp³-hybridized carbons (Fsp3) is 0.545. The van der Waals surface area contributed by atoms with Gasteiger partial charge in [-0.25, -0.2) is 4.98 Å². The molecule has 17 heavy (non-hydrogen) atoms. The van der Waals surface area contributed by atoms with Gasteiger partial charge in [0.2, 0.25) is 0 Å². The minimum absolute atomic E-state index is 0. The van der Waals surface area contributed by atoms with Gasteiger partial charge in [0.05, 0.1) is 5.69 Å². The molecule has 0 N–H and O–H groups in total. The van der Waals surface area contributed by atoms with Crippen molar-refractivity contribution in [2.75, 3.05) is 33.2 Å². The van der Waals surface area contributed by atoms with Crippen LogP contribution in [0.5, 0.6) is 0 Å². The lowest BCUT2D eigenvalue weighted by Crippen LogP contribution is -2.43. The average molecular weight is 299 g/mol. The molecule has 1 aliphatic heterocycles. The van der Waals surface area contributed by atoms with E-state index in [2.05, 4.69) is 21.8 Å². The van der Waals surface area contributed by atoms with Crippen LogP contribution in [0, 0.1) is 0 Å². The van der Waals surface area contributed by atoms with Crippen LogP contribution in [0.25, 0.3) is 0 Å². The predicted molar refractivity (Wildman–Crippen MR) is 76.5 cm³/mol. The number of halogens is 3. The van der Waals surface area contributed by atoms with Crippen molar-refractivity contribution in [3.63, 3.8) is 0 Å². The molecule has 1 aromatic heterocycles. The molecule has 6 heteroatoms. The molecule has 1 fully saturated rings. The molecule has 0 unspecified atom stereocenters. The number of hydrogen-bond acceptors (Lipinski definition) is 3. The van der Waals surface area contributed by atoms with Gasteiger partial charge in [-0.3, -0.25) is 4.90 Å². The van der Waals surface area contributed by atoms with E-state index in [9.17, 15) is 0 Å². The lowest BCUT2D eigenvalue weighted by Gasteiger charge is -2.32. The molecule has 1 aliphatic rings. The highest BCUT2D eigenvalue weighted by atomic mass is 35.5. The summed E-state index contributed by atoms with van der Waals surface area (Å²) in [6, 6.07) is 5.81. The molecular weight excluding hydrogens is 281 g/mol. The molecule has 0 saturated carbocycles. The van der Waals surface area contributed by atoms with Crippen LogP contribution < -0.4 is 0 Å². The lowest BCUT2D eigenvalue weighted by molar-refractivity contribution is 0.147. The van der Waals surface area contributed by atoms with Gasteiger partial charge in [0, 0.05) is 32.7 Å². The molecule has 2 rings (SSSR count). The quantitative estimate of drug-likeness (QED) is 0.781. The monoisotopic (exact) mass is 297 g/mol. The second kappa shape index (κ2) is 8.11. The van der Waals surface area contributed by atoms with Crippen LogP contribution >= 0.6 is 36.4 Å². The van der Waals surface area contributed by atoms with Crippen molar-refractivity contribution in [1.29, 1.82) is 0 Å². The molecule has 0 aromatic carbocycles. The highest BCUT2D eigenvalue weighted by Crippen LogP contribution is 2.09. The number of piperazine rings is 1. The van der Waals surface area contributed by atoms with Gasteiger partial charge in [-0.1, -0.05) is 17.7 Å². The summed E-state index contributed by atoms with van der Waals surface area (Å²) < 4.78 is 0. The summed E-state index contributed by atoms with van der Waals surface area (Å²) in [7, 11) is 2.16. The Hall–Kier alpha value is -0.0600. The molecule has 0 radical (unpaired) electrons. The normalized spacial score (nSPS) is 17.1. The molecule has 0 atom stereocenters. The third kappa shape index (κ3) is 5.40. The van der Waals surface area contributed by atoms with Crippen molar-refractivity contribution in [2.45, 2.75) is 6.54 Å². The van der Waals surface area contributed by atoms with E-state index < -0.39 is 0 Å². The molecule has 0 spiro atoms. The summed E-state index contributed by atoms with van der Waals surface area (Å²) in [6.07, 6.45) is 0. The van der Waals surface area contributed by atoms with Crippen LogP contribution in [0.1, 0.15) is 5.69 Å². The minimum Gasteiger partial charge on any atom is -0.304 e. The van der Waals surface area contributed by atoms with E-state index in [4.69, 9.17) is 11.6 Å². The van der Waals surface area contributed by atoms with Crippen LogP contribution in [-0.4, -0.2) is 48.0 Å². The Morgan fingerprint density at radius 3 is 2.41 bits per heavy atom. The smallest absolute Gasteiger partial charge is 0.129 e. The number of nitrogens with zero attached hydrogens (tertiary/aromatic N) is 3. The van der Waals surface area contributed by atoms with Gasteiger partial charge in [-0.05, 0) is 19.2 Å². The number of pyridine rings is 1. The highest BCUT2D eigenvalue weighted by molar-refractivity contribution is 6.29. The van der Waals surface area contributed by atoms with Crippen molar-refractivity contribution in [3.8, 4) is 0 Å². The molecule has 98 valence electrons. The number of likely N-dealkylation sites (N-methyl/N-ethyl adjacent to an activating group) is 1. The number of aromatic nitrogens is 1. The van der Waals surface area contributed by atoms with Gasteiger partial charge in [-0.15, -0.1) is 24.8 Å². The largest absolute Gasteiger partial charge is 0.304 e. The van der Waals surface area contributed by atoms with E-state index in [1.165, 1.54) is 0 Å². The van der Waals surface area contributed by atoms with E-state index in [-0.39, 0.29) is 24.8 Å². The standard InChI is InChI=1S/C11H16ClN3.2ClH/c1-14-5-7-15(8-6-14)9-10-3-2-4-11(12)13-10;;/h2-4H,5-9H2,1H3;2*1H. The first kappa shape index (κ1) is 16.9. The van der Waals surface area contributed by atoms with E-state index in [0.29, 0.717) is 5.15 Å². The molecule has 1 saturated heterocycles. The molecule has 0 bridgehead atoms. The fourth-order valence-corrected chi connectivity index (χ4v) is 1.95. The Morgan fingerprint density at radius 1 is 1.18 bits per heavy atom. The lowest BCUT2D eigenvalue weighted by atomic mass is 10.3. The van der Waals surface area contributed by atoms with Crippen molar-refractivity contribution in [1.82, 2.24) is 14.8 Å². The van der Waals surface area contributed by atoms with E-state index in [1.807, 2.05) is 18.2 Å². The van der Waals surface area contributed by atoms with Crippen molar-refractivity contribution in [3.05, 3.63) is 29.0 Å². The van der Waals surface area contributed by atoms with Gasteiger partial charge < -0.3 is 4.90 Å². The van der Waals surface area contributed by atoms with Crippen LogP contribution in [0.3, 0.4) is 0 Å². The van der Waals surface area contributed by atoms with Crippen LogP contribution in [0.4, 0.5) is 0 Å². The van der Waals surface area contributed by atoms with E-state index in [0.717, 1.165) is 38.4 Å². The van der Waals surface area contributed by atoms with Gasteiger partial charge in [0.15, 0.2) is 0 Å². The molecule has 3 nitrogen and oxygen atoms in total. The summed E-state index contributed by atoms with van der Waals surface area (Å²) in [5.41, 5.74) is 1.06. The topological polar surface area (TPSA) is 19.4 Å². The van der Waals surface area contributed by atoms with Crippen molar-refractivity contribution < 1.29 is 0 Å². The van der Waals surface area contributed by atoms with Crippen molar-refractivity contribution in [2.24, 2.45) is 0 Å². The zero-order valence-corrected chi connectivity index (χ0v) is 12.2. The zero-order valence-electron chi connectivity index (χ0n) is 9.80. The molecule has 1 aromatic rings. The highest BCUT2D eigenvalue weighted by Gasteiger charge is 2.14. The summed E-state index contributed by atoms with van der Waals surface area (Å²) in [6.45, 7) is 5.42. The van der Waals surface area contributed by atoms with Gasteiger partial charge >= 0.3 is 0 Å². The van der Waals surface area contributed by atoms with Crippen LogP contribution in [0.2, 0.25) is 5.15 Å². The molecular formula is C11H18Cl3N3. The summed E-state index contributed by atoms with van der Waals surface area (Å²) in [5.74, 6) is 0. The maximum Gasteiger partial charge on any atom is 0.129 e. The van der Waals surface area contributed by atoms with E-state index in [1.54, 1.807) is 0 Å². The second-order valence-corrected chi connectivity index (χ2v) is 4.42. The molecule has 0 aliphatic carbocycles. The number of hydrogen-bond donors (Lipinski definition) is 0. The summed E-state index contributed by atoms with van der Waals surface area (Å²) in [4.78, 5) is 9.06. The average Bonchev–Trinajstić information content (AvgIpc) is 2.22. The predicted octanol–water partition coefficient (Wildman–Crippen LogP) is 2.33. The fourth-order valence-electron chi connectivity index (χ4n) is 1.77. The Balaban J connectivity index is 0.00000128. The third-order valence-electron chi connectivity index (χ3n) is 2.75. The Labute approximate surface area is 120 Å². The first-order valence-corrected chi connectivity index (χ1v) is 5.64. The van der Waals surface area contributed by atoms with Crippen LogP contribution in [0.15, 0.2) is 18.2 Å². The minimum atomic E-state index is 0. The summed E-state index contributed by atoms with van der Waals surface area (Å²) in [5, 5.41) is 0.585. The van der Waals surface area contributed by atoms with Gasteiger partial charge in [0.25, 0.3) is 0 Å². The SMILES string of the molecule is CN1CCN(Cc2cccc(Cl)n2)CC1.Cl.Cl. The maximum atomic E-state index is 5.85. The Kier molecular flexibility index (Phi) is 8.09. The van der Waals surface area contributed by atoms with E-state index >= 15 is 0 Å². The Bertz CT molecular complexity index is 327. The summed E-state index contributed by atoms with van der Waals surface area (Å²) >= 11 is 5.85. The zero-order chi connectivity index (χ0) is 10.7. The number of rotatable bonds is 2. The van der Waals surface area contributed by atoms with Gasteiger partial charge in [0.1, 0.15) is 5.15 Å². The Morgan fingerprint density at radius 2 is 1.82 bits per heavy atom. The first-order valence-electron chi connectivity index (χ1n) is 5.26.